The number of nitrogens with zero attached hydrogens (tertiary/aromatic N) is 4. The van der Waals surface area contributed by atoms with Gasteiger partial charge in [0.2, 0.25) is 0 Å². The zero-order valence-corrected chi connectivity index (χ0v) is 15.5. The fraction of sp³-hybridized carbons (Fsp3) is 0.263. The van der Waals surface area contributed by atoms with Crippen LogP contribution in [0.15, 0.2) is 42.5 Å². The number of nitrogens with one attached hydrogen (secondary N) is 1. The molecule has 0 saturated heterocycles. The van der Waals surface area contributed by atoms with Gasteiger partial charge in [-0.1, -0.05) is 12.1 Å². The number of carbonyl (C=O) groups is 1. The molecule has 0 saturated carbocycles. The highest BCUT2D eigenvalue weighted by atomic mass is 16.5. The number of ether oxygens (including phenoxy) is 2. The first kappa shape index (κ1) is 18.4. The highest BCUT2D eigenvalue weighted by Crippen LogP contribution is 2.26. The van der Waals surface area contributed by atoms with Crippen LogP contribution >= 0.6 is 0 Å². The summed E-state index contributed by atoms with van der Waals surface area (Å²) in [7, 11) is 1.76. The van der Waals surface area contributed by atoms with Crippen molar-refractivity contribution >= 4 is 11.6 Å². The lowest BCUT2D eigenvalue weighted by molar-refractivity contribution is 0.102. The molecular formula is C19H21N5O3. The van der Waals surface area contributed by atoms with E-state index in [1.54, 1.807) is 36.0 Å². The normalized spacial score (nSPS) is 10.5. The number of benzene rings is 2. The van der Waals surface area contributed by atoms with Crippen LogP contribution in [-0.4, -0.2) is 39.3 Å². The number of hydrogen-bond donors (Lipinski definition) is 1. The highest BCUT2D eigenvalue weighted by Gasteiger charge is 2.15. The molecule has 3 aromatic rings. The van der Waals surface area contributed by atoms with Crippen molar-refractivity contribution in [2.75, 3.05) is 18.5 Å². The Kier molecular flexibility index (Phi) is 5.65. The lowest BCUT2D eigenvalue weighted by atomic mass is 10.1. The number of tetrazole rings is 1. The predicted molar refractivity (Wildman–Crippen MR) is 101 cm³/mol. The molecule has 0 fully saturated rings. The van der Waals surface area contributed by atoms with Gasteiger partial charge < -0.3 is 14.8 Å². The average molecular weight is 367 g/mol. The zero-order chi connectivity index (χ0) is 19.2. The summed E-state index contributed by atoms with van der Waals surface area (Å²) in [5.74, 6) is 1.45. The van der Waals surface area contributed by atoms with Gasteiger partial charge in [0.05, 0.1) is 18.8 Å². The Balaban J connectivity index is 1.87. The summed E-state index contributed by atoms with van der Waals surface area (Å²) in [5.41, 5.74) is 1.84. The summed E-state index contributed by atoms with van der Waals surface area (Å²) in [4.78, 5) is 12.8. The Bertz CT molecular complexity index is 939. The quantitative estimate of drug-likeness (QED) is 0.690. The van der Waals surface area contributed by atoms with Crippen LogP contribution in [0.1, 0.15) is 24.2 Å². The fourth-order valence-corrected chi connectivity index (χ4v) is 2.63. The maximum atomic E-state index is 12.8. The smallest absolute Gasteiger partial charge is 0.259 e. The summed E-state index contributed by atoms with van der Waals surface area (Å²) in [6, 6.07) is 12.5. The average Bonchev–Trinajstić information content (AvgIpc) is 3.09. The number of rotatable bonds is 7. The topological polar surface area (TPSA) is 91.2 Å². The standard InChI is InChI=1S/C19H21N5O3/c1-4-26-15-9-10-17(27-5-2)16(12-15)19(25)20-14-8-6-7-13(11-14)18-21-22-23-24(18)3/h6-12H,4-5H2,1-3H3,(H,20,25). The van der Waals surface area contributed by atoms with Gasteiger partial charge in [0.15, 0.2) is 5.82 Å². The van der Waals surface area contributed by atoms with E-state index in [0.29, 0.717) is 41.8 Å². The first-order valence-corrected chi connectivity index (χ1v) is 8.66. The summed E-state index contributed by atoms with van der Waals surface area (Å²) >= 11 is 0. The van der Waals surface area contributed by atoms with Crippen molar-refractivity contribution in [1.29, 1.82) is 0 Å². The number of aryl methyl sites for hydroxylation is 1. The number of amides is 1. The van der Waals surface area contributed by atoms with Crippen molar-refractivity contribution in [2.45, 2.75) is 13.8 Å². The van der Waals surface area contributed by atoms with Gasteiger partial charge in [-0.15, -0.1) is 5.10 Å². The van der Waals surface area contributed by atoms with Gasteiger partial charge >= 0.3 is 0 Å². The molecule has 140 valence electrons. The van der Waals surface area contributed by atoms with Crippen molar-refractivity contribution in [2.24, 2.45) is 7.05 Å². The third-order valence-corrected chi connectivity index (χ3v) is 3.81. The summed E-state index contributed by atoms with van der Waals surface area (Å²) in [6.45, 7) is 4.74. The van der Waals surface area contributed by atoms with Crippen LogP contribution in [0.5, 0.6) is 11.5 Å². The van der Waals surface area contributed by atoms with E-state index < -0.39 is 0 Å². The minimum Gasteiger partial charge on any atom is -0.494 e. The Hall–Kier alpha value is -3.42. The van der Waals surface area contributed by atoms with Crippen molar-refractivity contribution in [3.63, 3.8) is 0 Å². The second-order valence-electron chi connectivity index (χ2n) is 5.69. The van der Waals surface area contributed by atoms with E-state index in [9.17, 15) is 4.79 Å². The summed E-state index contributed by atoms with van der Waals surface area (Å²) in [5, 5.41) is 14.4. The highest BCUT2D eigenvalue weighted by molar-refractivity contribution is 6.06. The number of aromatic nitrogens is 4. The molecule has 8 heteroatoms. The van der Waals surface area contributed by atoms with E-state index in [-0.39, 0.29) is 5.91 Å². The van der Waals surface area contributed by atoms with Gasteiger partial charge in [-0.25, -0.2) is 4.68 Å². The molecule has 8 nitrogen and oxygen atoms in total. The second-order valence-corrected chi connectivity index (χ2v) is 5.69. The molecule has 27 heavy (non-hydrogen) atoms. The molecule has 2 aromatic carbocycles. The third kappa shape index (κ3) is 4.22. The lowest BCUT2D eigenvalue weighted by Crippen LogP contribution is -2.14. The first-order chi connectivity index (χ1) is 13.1. The Morgan fingerprint density at radius 3 is 2.63 bits per heavy atom. The van der Waals surface area contributed by atoms with Crippen LogP contribution in [0, 0.1) is 0 Å². The van der Waals surface area contributed by atoms with Gasteiger partial charge in [0.25, 0.3) is 5.91 Å². The Morgan fingerprint density at radius 1 is 1.11 bits per heavy atom. The SMILES string of the molecule is CCOc1ccc(OCC)c(C(=O)Nc2cccc(-c3nnnn3C)c2)c1. The molecule has 1 aromatic heterocycles. The van der Waals surface area contributed by atoms with Gasteiger partial charge in [-0.2, -0.15) is 0 Å². The molecule has 0 atom stereocenters. The minimum absolute atomic E-state index is 0.284. The monoisotopic (exact) mass is 367 g/mol. The summed E-state index contributed by atoms with van der Waals surface area (Å²) < 4.78 is 12.7. The van der Waals surface area contributed by atoms with Gasteiger partial charge in [0, 0.05) is 18.3 Å². The molecular weight excluding hydrogens is 346 g/mol. The molecule has 1 heterocycles. The van der Waals surface area contributed by atoms with E-state index in [0.717, 1.165) is 5.56 Å². The van der Waals surface area contributed by atoms with E-state index in [1.807, 2.05) is 32.0 Å². The van der Waals surface area contributed by atoms with Crippen LogP contribution in [0.3, 0.4) is 0 Å². The maximum absolute atomic E-state index is 12.8. The van der Waals surface area contributed by atoms with E-state index in [2.05, 4.69) is 20.8 Å². The molecule has 0 radical (unpaired) electrons. The maximum Gasteiger partial charge on any atom is 0.259 e. The minimum atomic E-state index is -0.284. The predicted octanol–water partition coefficient (Wildman–Crippen LogP) is 2.93. The molecule has 0 bridgehead atoms. The summed E-state index contributed by atoms with van der Waals surface area (Å²) in [6.07, 6.45) is 0. The molecule has 0 spiro atoms. The van der Waals surface area contributed by atoms with E-state index in [1.165, 1.54) is 0 Å². The molecule has 0 unspecified atom stereocenters. The fourth-order valence-electron chi connectivity index (χ4n) is 2.63. The molecule has 0 aliphatic carbocycles. The first-order valence-electron chi connectivity index (χ1n) is 8.66. The number of hydrogen-bond acceptors (Lipinski definition) is 6. The largest absolute Gasteiger partial charge is 0.494 e. The van der Waals surface area contributed by atoms with E-state index in [4.69, 9.17) is 9.47 Å². The Labute approximate surface area is 157 Å². The number of anilines is 1. The van der Waals surface area contributed by atoms with Crippen LogP contribution in [0.2, 0.25) is 0 Å². The van der Waals surface area contributed by atoms with Crippen LogP contribution < -0.4 is 14.8 Å². The van der Waals surface area contributed by atoms with Crippen LogP contribution in [0.4, 0.5) is 5.69 Å². The molecule has 3 rings (SSSR count). The van der Waals surface area contributed by atoms with Crippen molar-refractivity contribution < 1.29 is 14.3 Å². The van der Waals surface area contributed by atoms with Gasteiger partial charge in [-0.3, -0.25) is 4.79 Å². The van der Waals surface area contributed by atoms with Crippen molar-refractivity contribution in [3.05, 3.63) is 48.0 Å². The van der Waals surface area contributed by atoms with Crippen molar-refractivity contribution in [3.8, 4) is 22.9 Å². The zero-order valence-electron chi connectivity index (χ0n) is 15.5. The molecule has 1 amide bonds. The van der Waals surface area contributed by atoms with E-state index >= 15 is 0 Å². The van der Waals surface area contributed by atoms with Gasteiger partial charge in [0.1, 0.15) is 11.5 Å². The molecule has 0 aliphatic rings. The number of carbonyl (C=O) groups excluding carboxylic acids is 1. The Morgan fingerprint density at radius 2 is 1.93 bits per heavy atom. The third-order valence-electron chi connectivity index (χ3n) is 3.81. The van der Waals surface area contributed by atoms with Crippen LogP contribution in [0.25, 0.3) is 11.4 Å². The van der Waals surface area contributed by atoms with Crippen molar-refractivity contribution in [1.82, 2.24) is 20.2 Å². The molecule has 0 aliphatic heterocycles. The lowest BCUT2D eigenvalue weighted by Gasteiger charge is -2.13. The van der Waals surface area contributed by atoms with Gasteiger partial charge in [-0.05, 0) is 54.6 Å². The second kappa shape index (κ2) is 8.31. The molecule has 1 N–H and O–H groups in total. The van der Waals surface area contributed by atoms with Crippen LogP contribution in [-0.2, 0) is 7.05 Å².